The maximum atomic E-state index is 10.9. The van der Waals surface area contributed by atoms with Crippen molar-refractivity contribution in [2.45, 2.75) is 38.8 Å². The first-order valence-electron chi connectivity index (χ1n) is 12.4. The average Bonchev–Trinajstić information content (AvgIpc) is 3.35. The zero-order chi connectivity index (χ0) is 24.9. The van der Waals surface area contributed by atoms with Crippen LogP contribution in [0.4, 0.5) is 0 Å². The zero-order valence-electron chi connectivity index (χ0n) is 20.3. The van der Waals surface area contributed by atoms with E-state index in [0.717, 1.165) is 71.7 Å². The molecule has 1 N–H and O–H groups in total. The predicted octanol–water partition coefficient (Wildman–Crippen LogP) is 6.60. The molecule has 2 heterocycles. The van der Waals surface area contributed by atoms with Crippen LogP contribution in [-0.4, -0.2) is 32.7 Å². The van der Waals surface area contributed by atoms with Crippen molar-refractivity contribution in [1.29, 1.82) is 0 Å². The number of aromatic nitrogens is 3. The van der Waals surface area contributed by atoms with E-state index in [1.54, 1.807) is 6.08 Å². The zero-order valence-corrected chi connectivity index (χ0v) is 20.3. The second-order valence-corrected chi connectivity index (χ2v) is 8.93. The number of carboxylic acid groups (broad SMARTS) is 1. The van der Waals surface area contributed by atoms with Crippen LogP contribution in [0.5, 0.6) is 0 Å². The first kappa shape index (κ1) is 23.7. The van der Waals surface area contributed by atoms with Crippen molar-refractivity contribution in [2.75, 3.05) is 6.61 Å². The van der Waals surface area contributed by atoms with Crippen LogP contribution in [0.2, 0.25) is 0 Å². The SMILES string of the molecule is CC/C(=C(\c1ccc(C=CC(=O)O)cc1)c1ccc2c(c1)nnn2C1CCCCO1)c1ccccc1. The molecular weight excluding hydrogens is 450 g/mol. The smallest absolute Gasteiger partial charge is 0.328 e. The number of hydrogen-bond donors (Lipinski definition) is 1. The molecule has 0 bridgehead atoms. The molecule has 4 aromatic rings. The molecule has 1 aromatic heterocycles. The summed E-state index contributed by atoms with van der Waals surface area (Å²) in [6.45, 7) is 2.92. The molecule has 1 aliphatic rings. The molecule has 0 amide bonds. The van der Waals surface area contributed by atoms with Gasteiger partial charge >= 0.3 is 5.97 Å². The summed E-state index contributed by atoms with van der Waals surface area (Å²) in [6, 6.07) is 24.7. The van der Waals surface area contributed by atoms with Crippen LogP contribution in [0.25, 0.3) is 28.3 Å². The molecule has 0 aliphatic carbocycles. The van der Waals surface area contributed by atoms with E-state index in [0.29, 0.717) is 0 Å². The molecule has 1 unspecified atom stereocenters. The number of allylic oxidation sites excluding steroid dienone is 1. The lowest BCUT2D eigenvalue weighted by molar-refractivity contribution is -0.131. The molecule has 1 fully saturated rings. The van der Waals surface area contributed by atoms with Crippen molar-refractivity contribution in [3.05, 3.63) is 101 Å². The van der Waals surface area contributed by atoms with E-state index in [-0.39, 0.29) is 6.23 Å². The molecule has 36 heavy (non-hydrogen) atoms. The van der Waals surface area contributed by atoms with Gasteiger partial charge in [0, 0.05) is 12.7 Å². The minimum Gasteiger partial charge on any atom is -0.478 e. The number of nitrogens with zero attached hydrogens (tertiary/aromatic N) is 3. The second-order valence-electron chi connectivity index (χ2n) is 8.93. The Hall–Kier alpha value is -4.03. The summed E-state index contributed by atoms with van der Waals surface area (Å²) in [5.74, 6) is -0.961. The topological polar surface area (TPSA) is 77.2 Å². The third-order valence-electron chi connectivity index (χ3n) is 6.58. The van der Waals surface area contributed by atoms with Crippen LogP contribution in [0.1, 0.15) is 61.1 Å². The molecule has 0 radical (unpaired) electrons. The van der Waals surface area contributed by atoms with Crippen LogP contribution in [-0.2, 0) is 9.53 Å². The van der Waals surface area contributed by atoms with Gasteiger partial charge in [0.1, 0.15) is 5.52 Å². The Morgan fingerprint density at radius 3 is 2.50 bits per heavy atom. The maximum Gasteiger partial charge on any atom is 0.328 e. The van der Waals surface area contributed by atoms with E-state index in [4.69, 9.17) is 9.84 Å². The van der Waals surface area contributed by atoms with Crippen LogP contribution in [0, 0.1) is 0 Å². The Morgan fingerprint density at radius 2 is 1.81 bits per heavy atom. The standard InChI is InChI=1S/C30H29N3O3/c1-2-25(22-8-4-3-5-9-22)30(23-14-11-21(12-15-23)13-18-29(34)35)24-16-17-27-26(20-24)31-32-33(27)28-10-6-7-19-36-28/h3-5,8-9,11-18,20,28H,2,6-7,10,19H2,1H3,(H,34,35)/b18-13?,30-25-. The van der Waals surface area contributed by atoms with E-state index < -0.39 is 5.97 Å². The van der Waals surface area contributed by atoms with Gasteiger partial charge in [-0.3, -0.25) is 0 Å². The van der Waals surface area contributed by atoms with E-state index in [2.05, 4.69) is 59.7 Å². The molecule has 0 saturated carbocycles. The summed E-state index contributed by atoms with van der Waals surface area (Å²) in [5.41, 5.74) is 8.29. The summed E-state index contributed by atoms with van der Waals surface area (Å²) < 4.78 is 7.85. The molecule has 1 saturated heterocycles. The maximum absolute atomic E-state index is 10.9. The summed E-state index contributed by atoms with van der Waals surface area (Å²) in [7, 11) is 0. The van der Waals surface area contributed by atoms with Crippen LogP contribution < -0.4 is 0 Å². The summed E-state index contributed by atoms with van der Waals surface area (Å²) in [5, 5.41) is 17.9. The lowest BCUT2D eigenvalue weighted by atomic mass is 9.87. The quantitative estimate of drug-likeness (QED) is 0.239. The summed E-state index contributed by atoms with van der Waals surface area (Å²) in [6.07, 6.45) is 6.71. The van der Waals surface area contributed by atoms with Crippen LogP contribution in [0.15, 0.2) is 78.9 Å². The van der Waals surface area contributed by atoms with Crippen LogP contribution >= 0.6 is 0 Å². The highest BCUT2D eigenvalue weighted by atomic mass is 16.5. The van der Waals surface area contributed by atoms with Gasteiger partial charge in [0.05, 0.1) is 5.52 Å². The van der Waals surface area contributed by atoms with Gasteiger partial charge in [0.15, 0.2) is 6.23 Å². The fraction of sp³-hybridized carbons (Fsp3) is 0.233. The van der Waals surface area contributed by atoms with Gasteiger partial charge in [-0.05, 0) is 77.3 Å². The molecule has 6 heteroatoms. The molecule has 3 aromatic carbocycles. The van der Waals surface area contributed by atoms with E-state index in [1.807, 2.05) is 35.0 Å². The van der Waals surface area contributed by atoms with E-state index >= 15 is 0 Å². The monoisotopic (exact) mass is 479 g/mol. The van der Waals surface area contributed by atoms with E-state index in [9.17, 15) is 4.79 Å². The number of ether oxygens (including phenoxy) is 1. The molecule has 5 rings (SSSR count). The van der Waals surface area contributed by atoms with Crippen molar-refractivity contribution in [3.8, 4) is 0 Å². The number of rotatable bonds is 7. The van der Waals surface area contributed by atoms with Gasteiger partial charge in [-0.25, -0.2) is 9.48 Å². The number of fused-ring (bicyclic) bond motifs is 1. The van der Waals surface area contributed by atoms with Crippen molar-refractivity contribution in [1.82, 2.24) is 15.0 Å². The predicted molar refractivity (Wildman–Crippen MR) is 142 cm³/mol. The van der Waals surface area contributed by atoms with Gasteiger partial charge in [-0.1, -0.05) is 72.8 Å². The third kappa shape index (κ3) is 4.99. The fourth-order valence-corrected chi connectivity index (χ4v) is 4.83. The third-order valence-corrected chi connectivity index (χ3v) is 6.58. The van der Waals surface area contributed by atoms with E-state index in [1.165, 1.54) is 11.1 Å². The first-order valence-corrected chi connectivity index (χ1v) is 12.4. The fourth-order valence-electron chi connectivity index (χ4n) is 4.83. The normalized spacial score (nSPS) is 16.9. The number of carboxylic acids is 1. The largest absolute Gasteiger partial charge is 0.478 e. The minimum absolute atomic E-state index is 0.0634. The Morgan fingerprint density at radius 1 is 1.03 bits per heavy atom. The number of benzene rings is 3. The highest BCUT2D eigenvalue weighted by molar-refractivity contribution is 6.00. The first-order chi connectivity index (χ1) is 17.6. The average molecular weight is 480 g/mol. The lowest BCUT2D eigenvalue weighted by Gasteiger charge is -2.22. The molecule has 1 atom stereocenters. The molecule has 1 aliphatic heterocycles. The molecule has 0 spiro atoms. The Balaban J connectivity index is 1.62. The minimum atomic E-state index is -0.961. The van der Waals surface area contributed by atoms with Gasteiger partial charge in [0.25, 0.3) is 0 Å². The van der Waals surface area contributed by atoms with Gasteiger partial charge < -0.3 is 9.84 Å². The molecule has 182 valence electrons. The van der Waals surface area contributed by atoms with Crippen LogP contribution in [0.3, 0.4) is 0 Å². The van der Waals surface area contributed by atoms with Crippen molar-refractivity contribution in [2.24, 2.45) is 0 Å². The number of hydrogen-bond acceptors (Lipinski definition) is 4. The molecule has 6 nitrogen and oxygen atoms in total. The summed E-state index contributed by atoms with van der Waals surface area (Å²) in [4.78, 5) is 10.9. The highest BCUT2D eigenvalue weighted by Crippen LogP contribution is 2.36. The second kappa shape index (κ2) is 10.7. The Labute approximate surface area is 210 Å². The number of aliphatic carboxylic acids is 1. The van der Waals surface area contributed by atoms with Gasteiger partial charge in [0.2, 0.25) is 0 Å². The van der Waals surface area contributed by atoms with Gasteiger partial charge in [-0.15, -0.1) is 5.10 Å². The van der Waals surface area contributed by atoms with Crippen molar-refractivity contribution in [3.63, 3.8) is 0 Å². The number of carbonyl (C=O) groups is 1. The Bertz CT molecular complexity index is 1410. The van der Waals surface area contributed by atoms with Gasteiger partial charge in [-0.2, -0.15) is 0 Å². The lowest BCUT2D eigenvalue weighted by Crippen LogP contribution is -2.19. The highest BCUT2D eigenvalue weighted by Gasteiger charge is 2.20. The van der Waals surface area contributed by atoms with Crippen molar-refractivity contribution >= 4 is 34.2 Å². The van der Waals surface area contributed by atoms with Crippen molar-refractivity contribution < 1.29 is 14.6 Å². The Kier molecular flexibility index (Phi) is 7.05. The summed E-state index contributed by atoms with van der Waals surface area (Å²) >= 11 is 0. The molecular formula is C30H29N3O3.